The number of hydrogen-bond donors (Lipinski definition) is 1. The van der Waals surface area contributed by atoms with Crippen molar-refractivity contribution in [3.63, 3.8) is 0 Å². The van der Waals surface area contributed by atoms with Crippen molar-refractivity contribution in [2.24, 2.45) is 5.11 Å². The first-order valence-electron chi connectivity index (χ1n) is 10.6. The van der Waals surface area contributed by atoms with Crippen LogP contribution in [0.5, 0.6) is 0 Å². The fraction of sp³-hybridized carbons (Fsp3) is 0. The van der Waals surface area contributed by atoms with E-state index in [4.69, 9.17) is 23.2 Å². The van der Waals surface area contributed by atoms with Gasteiger partial charge in [-0.25, -0.2) is 0 Å². The van der Waals surface area contributed by atoms with Crippen molar-refractivity contribution in [1.29, 1.82) is 0 Å². The molecule has 0 spiro atoms. The molecule has 10 heteroatoms. The maximum atomic E-state index is 13.8. The summed E-state index contributed by atoms with van der Waals surface area (Å²) in [5, 5.41) is 6.00. The molecule has 174 valence electrons. The van der Waals surface area contributed by atoms with Crippen molar-refractivity contribution in [1.82, 2.24) is 4.98 Å². The Balaban J connectivity index is 1.89. The maximum absolute atomic E-state index is 13.8. The average Bonchev–Trinajstić information content (AvgIpc) is 2.88. The molecule has 6 nitrogen and oxygen atoms in total. The van der Waals surface area contributed by atoms with E-state index in [1.165, 1.54) is 23.1 Å². The van der Waals surface area contributed by atoms with Gasteiger partial charge in [0.15, 0.2) is 10.9 Å². The first kappa shape index (κ1) is 22.9. The summed E-state index contributed by atoms with van der Waals surface area (Å²) < 4.78 is 1.51. The Hall–Kier alpha value is -3.52. The number of H-pyrrole nitrogens is 1. The SMILES string of the molecule is [N-]=[N+]=Nc1c(Sc2ccc(Cl)cc2)c2sc3cc(Cl)ccc3[nH]c2c2c(=O)c3ccccc3c(=O)c12. The summed E-state index contributed by atoms with van der Waals surface area (Å²) in [4.78, 5) is 35.3. The number of halogens is 2. The van der Waals surface area contributed by atoms with Crippen LogP contribution in [0.4, 0.5) is 5.69 Å². The van der Waals surface area contributed by atoms with Gasteiger partial charge in [0.25, 0.3) is 0 Å². The first-order chi connectivity index (χ1) is 17.5. The van der Waals surface area contributed by atoms with Crippen molar-refractivity contribution in [3.8, 4) is 0 Å². The third-order valence-corrected chi connectivity index (χ3v) is 8.75. The summed E-state index contributed by atoms with van der Waals surface area (Å²) in [5.41, 5.74) is 10.2. The Morgan fingerprint density at radius 3 is 2.25 bits per heavy atom. The van der Waals surface area contributed by atoms with Gasteiger partial charge in [0.1, 0.15) is 0 Å². The average molecular weight is 547 g/mol. The van der Waals surface area contributed by atoms with E-state index < -0.39 is 0 Å². The van der Waals surface area contributed by atoms with Crippen LogP contribution in [0.2, 0.25) is 10.0 Å². The zero-order valence-corrected chi connectivity index (χ0v) is 21.2. The molecule has 0 fully saturated rings. The topological polar surface area (TPSA) is 98.7 Å². The summed E-state index contributed by atoms with van der Waals surface area (Å²) in [6.07, 6.45) is 0. The largest absolute Gasteiger partial charge is 0.353 e. The number of fused-ring (bicyclic) bond motifs is 5. The van der Waals surface area contributed by atoms with Crippen molar-refractivity contribution < 1.29 is 0 Å². The molecule has 0 amide bonds. The molecule has 36 heavy (non-hydrogen) atoms. The normalized spacial score (nSPS) is 11.4. The van der Waals surface area contributed by atoms with Gasteiger partial charge in [-0.2, -0.15) is 0 Å². The van der Waals surface area contributed by atoms with E-state index >= 15 is 0 Å². The molecule has 0 aliphatic carbocycles. The van der Waals surface area contributed by atoms with Crippen molar-refractivity contribution in [2.45, 2.75) is 9.79 Å². The van der Waals surface area contributed by atoms with Crippen LogP contribution in [0.3, 0.4) is 0 Å². The number of nitrogens with zero attached hydrogens (tertiary/aromatic N) is 3. The second-order valence-electron chi connectivity index (χ2n) is 7.95. The predicted octanol–water partition coefficient (Wildman–Crippen LogP) is 8.81. The van der Waals surface area contributed by atoms with E-state index in [0.29, 0.717) is 30.5 Å². The minimum atomic E-state index is -0.364. The molecule has 0 aliphatic heterocycles. The van der Waals surface area contributed by atoms with E-state index in [-0.39, 0.29) is 32.7 Å². The van der Waals surface area contributed by atoms with Crippen molar-refractivity contribution in [3.05, 3.63) is 108 Å². The molecule has 6 aromatic rings. The van der Waals surface area contributed by atoms with Crippen LogP contribution < -0.4 is 10.9 Å². The summed E-state index contributed by atoms with van der Waals surface area (Å²) in [5.74, 6) is 0. The summed E-state index contributed by atoms with van der Waals surface area (Å²) in [6, 6.07) is 19.3. The number of benzene rings is 5. The zero-order valence-electron chi connectivity index (χ0n) is 18.1. The number of nitrogens with one attached hydrogen (secondary N) is 1. The van der Waals surface area contributed by atoms with Crippen LogP contribution in [0.15, 0.2) is 91.2 Å². The molecule has 0 aliphatic rings. The first-order valence-corrected chi connectivity index (χ1v) is 13.0. The molecule has 0 unspecified atom stereocenters. The highest BCUT2D eigenvalue weighted by molar-refractivity contribution is 8.00. The molecule has 6 rings (SSSR count). The highest BCUT2D eigenvalue weighted by atomic mass is 35.5. The Labute approximate surface area is 220 Å². The van der Waals surface area contributed by atoms with Crippen LogP contribution in [0.1, 0.15) is 0 Å². The Kier molecular flexibility index (Phi) is 5.63. The van der Waals surface area contributed by atoms with Crippen LogP contribution in [0.25, 0.3) is 52.4 Å². The van der Waals surface area contributed by atoms with Gasteiger partial charge in [-0.3, -0.25) is 9.59 Å². The molecule has 0 saturated carbocycles. The summed E-state index contributed by atoms with van der Waals surface area (Å²) in [7, 11) is 0. The van der Waals surface area contributed by atoms with Gasteiger partial charge in [-0.15, -0.1) is 11.3 Å². The smallest absolute Gasteiger partial charge is 0.196 e. The maximum Gasteiger partial charge on any atom is 0.196 e. The van der Waals surface area contributed by atoms with Crippen LogP contribution in [-0.2, 0) is 0 Å². The van der Waals surface area contributed by atoms with E-state index in [1.807, 2.05) is 24.3 Å². The molecule has 0 bridgehead atoms. The lowest BCUT2D eigenvalue weighted by Gasteiger charge is -2.15. The number of aromatic amines is 1. The monoisotopic (exact) mass is 546 g/mol. The van der Waals surface area contributed by atoms with Gasteiger partial charge in [0, 0.05) is 40.9 Å². The molecule has 1 N–H and O–H groups in total. The summed E-state index contributed by atoms with van der Waals surface area (Å²) in [6.45, 7) is 0. The molecule has 1 aromatic heterocycles. The second-order valence-corrected chi connectivity index (χ2v) is 11.0. The molecule has 0 saturated heterocycles. The van der Waals surface area contributed by atoms with Crippen molar-refractivity contribution in [2.75, 3.05) is 0 Å². The van der Waals surface area contributed by atoms with Gasteiger partial charge in [-0.05, 0) is 48.0 Å². The quantitative estimate of drug-likeness (QED) is 0.0788. The zero-order chi connectivity index (χ0) is 25.0. The molecule has 0 atom stereocenters. The van der Waals surface area contributed by atoms with Crippen LogP contribution >= 0.6 is 46.3 Å². The number of aromatic nitrogens is 1. The lowest BCUT2D eigenvalue weighted by Crippen LogP contribution is -2.14. The molecule has 5 aromatic carbocycles. The third-order valence-electron chi connectivity index (χ3n) is 5.85. The van der Waals surface area contributed by atoms with E-state index in [0.717, 1.165) is 15.1 Å². The molecular formula is C26H12Cl2N4O2S2. The van der Waals surface area contributed by atoms with Gasteiger partial charge in [-0.1, -0.05) is 64.3 Å². The van der Waals surface area contributed by atoms with E-state index in [2.05, 4.69) is 15.0 Å². The fourth-order valence-corrected chi connectivity index (χ4v) is 6.92. The number of hydrogen-bond acceptors (Lipinski definition) is 5. The van der Waals surface area contributed by atoms with Gasteiger partial charge >= 0.3 is 0 Å². The van der Waals surface area contributed by atoms with E-state index in [9.17, 15) is 15.1 Å². The Bertz CT molecular complexity index is 2050. The molecule has 1 heterocycles. The number of azide groups is 1. The van der Waals surface area contributed by atoms with E-state index in [1.54, 1.807) is 42.5 Å². The van der Waals surface area contributed by atoms with Crippen LogP contribution in [0, 0.1) is 0 Å². The van der Waals surface area contributed by atoms with Crippen LogP contribution in [-0.4, -0.2) is 4.98 Å². The lowest BCUT2D eigenvalue weighted by molar-refractivity contribution is 1.39. The minimum absolute atomic E-state index is 0.0947. The van der Waals surface area contributed by atoms with Gasteiger partial charge < -0.3 is 4.98 Å². The lowest BCUT2D eigenvalue weighted by atomic mass is 10.00. The summed E-state index contributed by atoms with van der Waals surface area (Å²) >= 11 is 15.1. The van der Waals surface area contributed by atoms with Gasteiger partial charge in [0.2, 0.25) is 0 Å². The predicted molar refractivity (Wildman–Crippen MR) is 151 cm³/mol. The second kappa shape index (κ2) is 8.85. The molecular weight excluding hydrogens is 535 g/mol. The van der Waals surface area contributed by atoms with Crippen molar-refractivity contribution >= 4 is 94.0 Å². The Morgan fingerprint density at radius 1 is 0.889 bits per heavy atom. The fourth-order valence-electron chi connectivity index (χ4n) is 4.29. The molecule has 0 radical (unpaired) electrons. The highest BCUT2D eigenvalue weighted by Crippen LogP contribution is 2.47. The van der Waals surface area contributed by atoms with Gasteiger partial charge in [0.05, 0.1) is 31.5 Å². The standard InChI is InChI=1S/C26H12Cl2N4O2S2/c27-12-5-8-14(9-6-12)35-26-22(31-32-29)20-19(23(33)15-3-1-2-4-16(15)24(20)34)21-25(26)36-18-11-13(28)7-10-17(18)30-21/h1-11,30H. The highest BCUT2D eigenvalue weighted by Gasteiger charge is 2.23. The number of rotatable bonds is 3. The Morgan fingerprint density at radius 2 is 1.56 bits per heavy atom. The third kappa shape index (κ3) is 3.63. The minimum Gasteiger partial charge on any atom is -0.353 e.